The quantitative estimate of drug-likeness (QED) is 0.675. The summed E-state index contributed by atoms with van der Waals surface area (Å²) in [5.41, 5.74) is 2.56. The highest BCUT2D eigenvalue weighted by atomic mass is 32.1. The van der Waals surface area contributed by atoms with Crippen LogP contribution in [0.5, 0.6) is 0 Å². The van der Waals surface area contributed by atoms with Crippen molar-refractivity contribution in [3.8, 4) is 0 Å². The number of hydrogen-bond donors (Lipinski definition) is 0. The molecule has 2 aromatic heterocycles. The Morgan fingerprint density at radius 2 is 1.86 bits per heavy atom. The summed E-state index contributed by atoms with van der Waals surface area (Å²) in [5, 5.41) is 0.992. The van der Waals surface area contributed by atoms with E-state index >= 15 is 0 Å². The number of aromatic nitrogens is 2. The Balaban J connectivity index is 1.93. The maximum Gasteiger partial charge on any atom is 0.212 e. The second kappa shape index (κ2) is 5.04. The van der Waals surface area contributed by atoms with Gasteiger partial charge in [0.05, 0.1) is 0 Å². The van der Waals surface area contributed by atoms with E-state index in [2.05, 4.69) is 9.97 Å². The SMILES string of the molecule is O=C(c1ccccc1)c1ncnc2sc3c(c12)CCCC3. The lowest BCUT2D eigenvalue weighted by Crippen LogP contribution is -2.07. The van der Waals surface area contributed by atoms with Crippen LogP contribution >= 0.6 is 11.3 Å². The van der Waals surface area contributed by atoms with Crippen LogP contribution in [0.4, 0.5) is 0 Å². The summed E-state index contributed by atoms with van der Waals surface area (Å²) in [5.74, 6) is -0.00539. The number of ketones is 1. The summed E-state index contributed by atoms with van der Waals surface area (Å²) in [6.07, 6.45) is 6.08. The zero-order chi connectivity index (χ0) is 14.2. The lowest BCUT2D eigenvalue weighted by Gasteiger charge is -2.11. The number of hydrogen-bond acceptors (Lipinski definition) is 4. The monoisotopic (exact) mass is 294 g/mol. The maximum atomic E-state index is 12.8. The minimum absolute atomic E-state index is 0.00539. The lowest BCUT2D eigenvalue weighted by molar-refractivity contribution is 0.103. The fourth-order valence-electron chi connectivity index (χ4n) is 2.99. The van der Waals surface area contributed by atoms with E-state index in [9.17, 15) is 4.79 Å². The molecule has 0 saturated heterocycles. The summed E-state index contributed by atoms with van der Waals surface area (Å²) in [6.45, 7) is 0. The van der Waals surface area contributed by atoms with E-state index in [0.717, 1.165) is 23.1 Å². The molecule has 1 aliphatic carbocycles. The third kappa shape index (κ3) is 2.07. The second-order valence-corrected chi connectivity index (χ2v) is 6.39. The maximum absolute atomic E-state index is 12.8. The van der Waals surface area contributed by atoms with E-state index in [1.807, 2.05) is 30.3 Å². The molecular weight excluding hydrogens is 280 g/mol. The molecule has 0 aliphatic heterocycles. The number of carbonyl (C=O) groups excluding carboxylic acids is 1. The number of nitrogens with zero attached hydrogens (tertiary/aromatic N) is 2. The van der Waals surface area contributed by atoms with Crippen LogP contribution in [-0.2, 0) is 12.8 Å². The van der Waals surface area contributed by atoms with Crippen molar-refractivity contribution >= 4 is 27.3 Å². The van der Waals surface area contributed by atoms with Crippen LogP contribution in [0, 0.1) is 0 Å². The van der Waals surface area contributed by atoms with Crippen molar-refractivity contribution < 1.29 is 4.79 Å². The van der Waals surface area contributed by atoms with E-state index < -0.39 is 0 Å². The van der Waals surface area contributed by atoms with Gasteiger partial charge >= 0.3 is 0 Å². The topological polar surface area (TPSA) is 42.9 Å². The Kier molecular flexibility index (Phi) is 3.04. The van der Waals surface area contributed by atoms with Gasteiger partial charge in [0, 0.05) is 15.8 Å². The predicted molar refractivity (Wildman–Crippen MR) is 83.9 cm³/mol. The van der Waals surface area contributed by atoms with Crippen molar-refractivity contribution in [2.45, 2.75) is 25.7 Å². The third-order valence-electron chi connectivity index (χ3n) is 4.00. The summed E-state index contributed by atoms with van der Waals surface area (Å²) in [7, 11) is 0. The van der Waals surface area contributed by atoms with Crippen LogP contribution in [0.25, 0.3) is 10.2 Å². The van der Waals surface area contributed by atoms with Crippen molar-refractivity contribution in [1.82, 2.24) is 9.97 Å². The van der Waals surface area contributed by atoms with E-state index in [1.165, 1.54) is 29.6 Å². The van der Waals surface area contributed by atoms with Gasteiger partial charge in [0.2, 0.25) is 5.78 Å². The number of aryl methyl sites for hydroxylation is 2. The molecule has 0 saturated carbocycles. The number of rotatable bonds is 2. The van der Waals surface area contributed by atoms with Crippen molar-refractivity contribution in [1.29, 1.82) is 0 Å². The molecule has 0 unspecified atom stereocenters. The third-order valence-corrected chi connectivity index (χ3v) is 5.20. The van der Waals surface area contributed by atoms with Crippen molar-refractivity contribution in [2.75, 3.05) is 0 Å². The molecule has 3 nitrogen and oxygen atoms in total. The van der Waals surface area contributed by atoms with E-state index in [0.29, 0.717) is 11.3 Å². The molecule has 3 aromatic rings. The van der Waals surface area contributed by atoms with Gasteiger partial charge < -0.3 is 0 Å². The molecule has 4 rings (SSSR count). The molecule has 0 N–H and O–H groups in total. The predicted octanol–water partition coefficient (Wildman–Crippen LogP) is 3.80. The van der Waals surface area contributed by atoms with Gasteiger partial charge in [-0.15, -0.1) is 11.3 Å². The van der Waals surface area contributed by atoms with Crippen LogP contribution in [0.15, 0.2) is 36.7 Å². The molecule has 0 fully saturated rings. The van der Waals surface area contributed by atoms with Gasteiger partial charge in [0.25, 0.3) is 0 Å². The first-order valence-corrected chi connectivity index (χ1v) is 8.01. The first kappa shape index (κ1) is 12.7. The highest BCUT2D eigenvalue weighted by molar-refractivity contribution is 7.18. The smallest absolute Gasteiger partial charge is 0.212 e. The van der Waals surface area contributed by atoms with Crippen LogP contribution in [0.1, 0.15) is 39.3 Å². The largest absolute Gasteiger partial charge is 0.287 e. The molecule has 21 heavy (non-hydrogen) atoms. The van der Waals surface area contributed by atoms with Gasteiger partial charge in [0.15, 0.2) is 0 Å². The molecule has 0 atom stereocenters. The number of carbonyl (C=O) groups is 1. The Labute approximate surface area is 126 Å². The van der Waals surface area contributed by atoms with Gasteiger partial charge in [-0.25, -0.2) is 9.97 Å². The Bertz CT molecular complexity index is 823. The van der Waals surface area contributed by atoms with Gasteiger partial charge in [-0.3, -0.25) is 4.79 Å². The van der Waals surface area contributed by atoms with E-state index in [-0.39, 0.29) is 5.78 Å². The van der Waals surface area contributed by atoms with Gasteiger partial charge in [-0.2, -0.15) is 0 Å². The minimum Gasteiger partial charge on any atom is -0.287 e. The highest BCUT2D eigenvalue weighted by Crippen LogP contribution is 2.36. The Morgan fingerprint density at radius 1 is 1.05 bits per heavy atom. The van der Waals surface area contributed by atoms with Crippen molar-refractivity contribution in [3.05, 3.63) is 58.4 Å². The molecule has 0 amide bonds. The standard InChI is InChI=1S/C17H14N2OS/c20-16(11-6-2-1-3-7-11)15-14-12-8-4-5-9-13(12)21-17(14)19-10-18-15/h1-3,6-7,10H,4-5,8-9H2. The fraction of sp³-hybridized carbons (Fsp3) is 0.235. The molecule has 1 aliphatic rings. The molecule has 0 bridgehead atoms. The summed E-state index contributed by atoms with van der Waals surface area (Å²) in [6, 6.07) is 9.37. The molecular formula is C17H14N2OS. The van der Waals surface area contributed by atoms with Crippen molar-refractivity contribution in [2.24, 2.45) is 0 Å². The van der Waals surface area contributed by atoms with Crippen LogP contribution in [0.2, 0.25) is 0 Å². The second-order valence-electron chi connectivity index (χ2n) is 5.31. The molecule has 2 heterocycles. The number of thiophene rings is 1. The van der Waals surface area contributed by atoms with E-state index in [4.69, 9.17) is 0 Å². The molecule has 0 radical (unpaired) electrons. The summed E-state index contributed by atoms with van der Waals surface area (Å²) >= 11 is 1.72. The highest BCUT2D eigenvalue weighted by Gasteiger charge is 2.23. The molecule has 4 heteroatoms. The fourth-order valence-corrected chi connectivity index (χ4v) is 4.22. The van der Waals surface area contributed by atoms with Gasteiger partial charge in [-0.1, -0.05) is 30.3 Å². The minimum atomic E-state index is -0.00539. The van der Waals surface area contributed by atoms with E-state index in [1.54, 1.807) is 11.3 Å². The molecule has 104 valence electrons. The first-order valence-electron chi connectivity index (χ1n) is 7.19. The summed E-state index contributed by atoms with van der Waals surface area (Å²) in [4.78, 5) is 23.8. The number of fused-ring (bicyclic) bond motifs is 3. The average molecular weight is 294 g/mol. The Morgan fingerprint density at radius 3 is 2.71 bits per heavy atom. The van der Waals surface area contributed by atoms with Gasteiger partial charge in [-0.05, 0) is 31.2 Å². The lowest BCUT2D eigenvalue weighted by atomic mass is 9.94. The average Bonchev–Trinajstić information content (AvgIpc) is 2.93. The normalized spacial score (nSPS) is 14.1. The van der Waals surface area contributed by atoms with Crippen LogP contribution in [0.3, 0.4) is 0 Å². The first-order chi connectivity index (χ1) is 10.3. The van der Waals surface area contributed by atoms with Crippen LogP contribution < -0.4 is 0 Å². The van der Waals surface area contributed by atoms with Gasteiger partial charge in [0.1, 0.15) is 16.9 Å². The van der Waals surface area contributed by atoms with Crippen LogP contribution in [-0.4, -0.2) is 15.8 Å². The molecule has 1 aromatic carbocycles. The summed E-state index contributed by atoms with van der Waals surface area (Å²) < 4.78 is 0. The van der Waals surface area contributed by atoms with Crippen molar-refractivity contribution in [3.63, 3.8) is 0 Å². The molecule has 0 spiro atoms. The Hall–Kier alpha value is -2.07. The number of benzene rings is 1. The zero-order valence-corrected chi connectivity index (χ0v) is 12.3. The zero-order valence-electron chi connectivity index (χ0n) is 11.5.